The van der Waals surface area contributed by atoms with Crippen LogP contribution in [-0.2, 0) is 0 Å². The predicted molar refractivity (Wildman–Crippen MR) is 67.2 cm³/mol. The van der Waals surface area contributed by atoms with Crippen LogP contribution in [-0.4, -0.2) is 30.5 Å². The first kappa shape index (κ1) is 12.3. The molecule has 0 spiro atoms. The highest BCUT2D eigenvalue weighted by atomic mass is 35.5. The average molecular weight is 254 g/mol. The monoisotopic (exact) mass is 253 g/mol. The lowest BCUT2D eigenvalue weighted by atomic mass is 10.00. The molecule has 1 aromatic rings. The van der Waals surface area contributed by atoms with Crippen molar-refractivity contribution in [2.75, 3.05) is 19.6 Å². The van der Waals surface area contributed by atoms with Crippen LogP contribution in [0.2, 0.25) is 5.15 Å². The molecule has 5 heteroatoms. The van der Waals surface area contributed by atoms with E-state index in [-0.39, 0.29) is 5.91 Å². The summed E-state index contributed by atoms with van der Waals surface area (Å²) in [5.74, 6) is 0.366. The molecule has 1 fully saturated rings. The average Bonchev–Trinajstić information content (AvgIpc) is 2.37. The fourth-order valence-corrected chi connectivity index (χ4v) is 2.12. The lowest BCUT2D eigenvalue weighted by Gasteiger charge is -2.22. The van der Waals surface area contributed by atoms with Crippen molar-refractivity contribution in [3.63, 3.8) is 0 Å². The minimum absolute atomic E-state index is 0.155. The summed E-state index contributed by atoms with van der Waals surface area (Å²) in [6, 6.07) is 5.05. The van der Waals surface area contributed by atoms with E-state index in [2.05, 4.69) is 15.6 Å². The van der Waals surface area contributed by atoms with Crippen LogP contribution in [0.15, 0.2) is 18.2 Å². The number of pyridine rings is 1. The maximum atomic E-state index is 11.8. The number of piperidine rings is 1. The molecule has 1 unspecified atom stereocenters. The molecule has 1 saturated heterocycles. The Kier molecular flexibility index (Phi) is 4.34. The summed E-state index contributed by atoms with van der Waals surface area (Å²) < 4.78 is 0. The molecule has 17 heavy (non-hydrogen) atoms. The molecule has 2 N–H and O–H groups in total. The van der Waals surface area contributed by atoms with Gasteiger partial charge in [-0.15, -0.1) is 0 Å². The van der Waals surface area contributed by atoms with E-state index in [9.17, 15) is 4.79 Å². The summed E-state index contributed by atoms with van der Waals surface area (Å²) in [6.45, 7) is 2.75. The van der Waals surface area contributed by atoms with E-state index in [4.69, 9.17) is 11.6 Å². The Hall–Kier alpha value is -1.13. The van der Waals surface area contributed by atoms with Crippen molar-refractivity contribution in [1.29, 1.82) is 0 Å². The van der Waals surface area contributed by atoms with Gasteiger partial charge in [-0.1, -0.05) is 17.7 Å². The number of nitrogens with one attached hydrogen (secondary N) is 2. The summed E-state index contributed by atoms with van der Waals surface area (Å²) in [4.78, 5) is 15.8. The maximum Gasteiger partial charge on any atom is 0.269 e. The molecule has 2 rings (SSSR count). The van der Waals surface area contributed by atoms with Crippen LogP contribution < -0.4 is 10.6 Å². The summed E-state index contributed by atoms with van der Waals surface area (Å²) in [7, 11) is 0. The number of hydrogen-bond acceptors (Lipinski definition) is 3. The van der Waals surface area contributed by atoms with Gasteiger partial charge < -0.3 is 10.6 Å². The van der Waals surface area contributed by atoms with Crippen molar-refractivity contribution in [3.8, 4) is 0 Å². The molecule has 92 valence electrons. The van der Waals surface area contributed by atoms with Crippen molar-refractivity contribution in [3.05, 3.63) is 29.0 Å². The van der Waals surface area contributed by atoms with Crippen molar-refractivity contribution in [2.24, 2.45) is 5.92 Å². The van der Waals surface area contributed by atoms with E-state index < -0.39 is 0 Å². The summed E-state index contributed by atoms with van der Waals surface area (Å²) in [6.07, 6.45) is 2.34. The largest absolute Gasteiger partial charge is 0.350 e. The van der Waals surface area contributed by atoms with Crippen molar-refractivity contribution >= 4 is 17.5 Å². The van der Waals surface area contributed by atoms with Gasteiger partial charge >= 0.3 is 0 Å². The zero-order chi connectivity index (χ0) is 12.1. The van der Waals surface area contributed by atoms with E-state index in [1.165, 1.54) is 6.42 Å². The van der Waals surface area contributed by atoms with Gasteiger partial charge in [-0.3, -0.25) is 4.79 Å². The third-order valence-corrected chi connectivity index (χ3v) is 3.11. The van der Waals surface area contributed by atoms with Crippen LogP contribution in [0.1, 0.15) is 23.3 Å². The summed E-state index contributed by atoms with van der Waals surface area (Å²) >= 11 is 5.74. The lowest BCUT2D eigenvalue weighted by Crippen LogP contribution is -2.38. The molecular formula is C12H16ClN3O. The number of amides is 1. The zero-order valence-corrected chi connectivity index (χ0v) is 10.3. The number of rotatable bonds is 3. The van der Waals surface area contributed by atoms with Gasteiger partial charge in [0.05, 0.1) is 0 Å². The Morgan fingerprint density at radius 1 is 1.59 bits per heavy atom. The first-order valence-corrected chi connectivity index (χ1v) is 6.25. The zero-order valence-electron chi connectivity index (χ0n) is 9.58. The van der Waals surface area contributed by atoms with Gasteiger partial charge in [-0.05, 0) is 44.0 Å². The Morgan fingerprint density at radius 2 is 2.47 bits per heavy atom. The molecule has 0 aromatic carbocycles. The lowest BCUT2D eigenvalue weighted by molar-refractivity contribution is 0.0940. The van der Waals surface area contributed by atoms with Crippen molar-refractivity contribution < 1.29 is 4.79 Å². The molecule has 0 radical (unpaired) electrons. The minimum atomic E-state index is -0.155. The number of nitrogens with zero attached hydrogens (tertiary/aromatic N) is 1. The molecule has 0 bridgehead atoms. The molecule has 0 aliphatic carbocycles. The Labute approximate surface area is 106 Å². The topological polar surface area (TPSA) is 54.0 Å². The standard InChI is InChI=1S/C12H16ClN3O/c13-11-5-1-4-10(16-11)12(17)15-8-9-3-2-6-14-7-9/h1,4-5,9,14H,2-3,6-8H2,(H,15,17). The second-order valence-electron chi connectivity index (χ2n) is 4.27. The molecule has 1 aromatic heterocycles. The van der Waals surface area contributed by atoms with Crippen LogP contribution >= 0.6 is 11.6 Å². The molecule has 1 amide bonds. The molecular weight excluding hydrogens is 238 g/mol. The maximum absolute atomic E-state index is 11.8. The highest BCUT2D eigenvalue weighted by Gasteiger charge is 2.14. The summed E-state index contributed by atoms with van der Waals surface area (Å²) in [5.41, 5.74) is 0.376. The van der Waals surface area contributed by atoms with Crippen LogP contribution in [0.25, 0.3) is 0 Å². The highest BCUT2D eigenvalue weighted by Crippen LogP contribution is 2.09. The number of carbonyl (C=O) groups excluding carboxylic acids is 1. The van der Waals surface area contributed by atoms with Crippen LogP contribution in [0, 0.1) is 5.92 Å². The molecule has 4 nitrogen and oxygen atoms in total. The van der Waals surface area contributed by atoms with Crippen LogP contribution in [0.3, 0.4) is 0 Å². The fraction of sp³-hybridized carbons (Fsp3) is 0.500. The van der Waals surface area contributed by atoms with Gasteiger partial charge in [-0.2, -0.15) is 0 Å². The van der Waals surface area contributed by atoms with E-state index in [1.807, 2.05) is 0 Å². The first-order valence-electron chi connectivity index (χ1n) is 5.87. The molecule has 2 heterocycles. The molecule has 1 aliphatic rings. The number of aromatic nitrogens is 1. The van der Waals surface area contributed by atoms with Crippen LogP contribution in [0.5, 0.6) is 0 Å². The number of halogens is 1. The fourth-order valence-electron chi connectivity index (χ4n) is 1.96. The third-order valence-electron chi connectivity index (χ3n) is 2.90. The summed E-state index contributed by atoms with van der Waals surface area (Å²) in [5, 5.41) is 6.56. The van der Waals surface area contributed by atoms with Gasteiger partial charge in [0.1, 0.15) is 10.8 Å². The van der Waals surface area contributed by atoms with Gasteiger partial charge in [-0.25, -0.2) is 4.98 Å². The van der Waals surface area contributed by atoms with E-state index in [0.717, 1.165) is 19.5 Å². The quantitative estimate of drug-likeness (QED) is 0.802. The first-order chi connectivity index (χ1) is 8.25. The molecule has 1 atom stereocenters. The highest BCUT2D eigenvalue weighted by molar-refractivity contribution is 6.29. The Bertz CT molecular complexity index is 391. The number of carbonyl (C=O) groups is 1. The van der Waals surface area contributed by atoms with E-state index >= 15 is 0 Å². The van der Waals surface area contributed by atoms with Gasteiger partial charge in [0.2, 0.25) is 0 Å². The van der Waals surface area contributed by atoms with Crippen LogP contribution in [0.4, 0.5) is 0 Å². The second kappa shape index (κ2) is 5.98. The Balaban J connectivity index is 1.84. The Morgan fingerprint density at radius 3 is 3.18 bits per heavy atom. The van der Waals surface area contributed by atoms with Gasteiger partial charge in [0.25, 0.3) is 5.91 Å². The molecule has 1 aliphatic heterocycles. The van der Waals surface area contributed by atoms with Gasteiger partial charge in [0, 0.05) is 6.54 Å². The second-order valence-corrected chi connectivity index (χ2v) is 4.66. The van der Waals surface area contributed by atoms with Crippen molar-refractivity contribution in [2.45, 2.75) is 12.8 Å². The number of hydrogen-bond donors (Lipinski definition) is 2. The van der Waals surface area contributed by atoms with Gasteiger partial charge in [0.15, 0.2) is 0 Å². The smallest absolute Gasteiger partial charge is 0.269 e. The normalized spacial score (nSPS) is 19.9. The third kappa shape index (κ3) is 3.68. The minimum Gasteiger partial charge on any atom is -0.350 e. The van der Waals surface area contributed by atoms with Crippen molar-refractivity contribution in [1.82, 2.24) is 15.6 Å². The SMILES string of the molecule is O=C(NCC1CCCNC1)c1cccc(Cl)n1. The predicted octanol–water partition coefficient (Wildman–Crippen LogP) is 1.46. The molecule has 0 saturated carbocycles. The van der Waals surface area contributed by atoms with E-state index in [0.29, 0.717) is 23.3 Å². The van der Waals surface area contributed by atoms with E-state index in [1.54, 1.807) is 18.2 Å².